The van der Waals surface area contributed by atoms with Crippen LogP contribution in [0.4, 0.5) is 0 Å². The van der Waals surface area contributed by atoms with E-state index in [4.69, 9.17) is 16.3 Å². The molecule has 1 aromatic rings. The van der Waals surface area contributed by atoms with Crippen LogP contribution in [0.2, 0.25) is 5.02 Å². The van der Waals surface area contributed by atoms with E-state index in [0.29, 0.717) is 5.41 Å². The first kappa shape index (κ1) is 21.5. The van der Waals surface area contributed by atoms with Crippen LogP contribution in [-0.4, -0.2) is 39.8 Å². The Labute approximate surface area is 167 Å². The van der Waals surface area contributed by atoms with Gasteiger partial charge in [0.15, 0.2) is 5.96 Å². The average Bonchev–Trinajstić information content (AvgIpc) is 2.53. The smallest absolute Gasteiger partial charge is 0.191 e. The topological polar surface area (TPSA) is 45.7 Å². The van der Waals surface area contributed by atoms with E-state index in [1.54, 1.807) is 7.11 Å². The zero-order chi connectivity index (χ0) is 16.5. The van der Waals surface area contributed by atoms with Gasteiger partial charge in [-0.05, 0) is 48.8 Å². The zero-order valence-electron chi connectivity index (χ0n) is 14.6. The Bertz CT molecular complexity index is 503. The fourth-order valence-corrected chi connectivity index (χ4v) is 3.10. The van der Waals surface area contributed by atoms with Crippen molar-refractivity contribution in [1.29, 1.82) is 0 Å². The van der Waals surface area contributed by atoms with Gasteiger partial charge in [0.2, 0.25) is 0 Å². The minimum absolute atomic E-state index is 0. The van der Waals surface area contributed by atoms with Gasteiger partial charge in [0, 0.05) is 38.9 Å². The molecule has 0 unspecified atom stereocenters. The van der Waals surface area contributed by atoms with Crippen LogP contribution in [0.25, 0.3) is 0 Å². The van der Waals surface area contributed by atoms with E-state index in [2.05, 4.69) is 27.8 Å². The first-order valence-corrected chi connectivity index (χ1v) is 8.73. The molecule has 1 fully saturated rings. The molecular weight excluding hydrogens is 437 g/mol. The second-order valence-electron chi connectivity index (χ2n) is 6.33. The predicted octanol–water partition coefficient (Wildman–Crippen LogP) is 3.87. The van der Waals surface area contributed by atoms with Crippen LogP contribution >= 0.6 is 35.6 Å². The Morgan fingerprint density at radius 3 is 2.50 bits per heavy atom. The summed E-state index contributed by atoms with van der Waals surface area (Å²) in [4.78, 5) is 4.32. The van der Waals surface area contributed by atoms with Crippen molar-refractivity contribution in [3.05, 3.63) is 34.9 Å². The number of methoxy groups -OCH3 is 1. The molecule has 4 nitrogen and oxygen atoms in total. The fourth-order valence-electron chi connectivity index (χ4n) is 2.98. The largest absolute Gasteiger partial charge is 0.385 e. The van der Waals surface area contributed by atoms with Crippen molar-refractivity contribution in [2.24, 2.45) is 10.4 Å². The second-order valence-corrected chi connectivity index (χ2v) is 6.76. The molecule has 2 N–H and O–H groups in total. The van der Waals surface area contributed by atoms with Crippen molar-refractivity contribution in [3.8, 4) is 0 Å². The highest BCUT2D eigenvalue weighted by Gasteiger charge is 2.36. The molecule has 0 saturated heterocycles. The maximum Gasteiger partial charge on any atom is 0.191 e. The van der Waals surface area contributed by atoms with Gasteiger partial charge in [-0.1, -0.05) is 30.2 Å². The van der Waals surface area contributed by atoms with Gasteiger partial charge in [-0.25, -0.2) is 0 Å². The molecule has 0 heterocycles. The van der Waals surface area contributed by atoms with Gasteiger partial charge in [0.25, 0.3) is 0 Å². The van der Waals surface area contributed by atoms with Crippen LogP contribution in [0.3, 0.4) is 0 Å². The summed E-state index contributed by atoms with van der Waals surface area (Å²) in [6.45, 7) is 2.66. The Morgan fingerprint density at radius 1 is 1.25 bits per heavy atom. The SMILES string of the molecule is CN=C(NCCc1ccc(Cl)cc1)NCC1(CCOC)CCC1.I. The number of nitrogens with one attached hydrogen (secondary N) is 2. The molecule has 0 atom stereocenters. The number of benzene rings is 1. The molecule has 1 aliphatic carbocycles. The van der Waals surface area contributed by atoms with E-state index in [-0.39, 0.29) is 24.0 Å². The number of rotatable bonds is 8. The quantitative estimate of drug-likeness (QED) is 0.348. The molecule has 1 aliphatic rings. The highest BCUT2D eigenvalue weighted by molar-refractivity contribution is 14.0. The van der Waals surface area contributed by atoms with Gasteiger partial charge in [0.05, 0.1) is 0 Å². The van der Waals surface area contributed by atoms with E-state index in [1.165, 1.54) is 24.8 Å². The molecule has 0 bridgehead atoms. The Balaban J connectivity index is 0.00000288. The number of ether oxygens (including phenoxy) is 1. The molecule has 0 spiro atoms. The number of halogens is 2. The van der Waals surface area contributed by atoms with Crippen LogP contribution in [-0.2, 0) is 11.2 Å². The summed E-state index contributed by atoms with van der Waals surface area (Å²) in [7, 11) is 3.59. The first-order chi connectivity index (χ1) is 11.2. The summed E-state index contributed by atoms with van der Waals surface area (Å²) in [5, 5.41) is 7.64. The monoisotopic (exact) mass is 465 g/mol. The lowest BCUT2D eigenvalue weighted by atomic mass is 9.67. The van der Waals surface area contributed by atoms with Crippen molar-refractivity contribution in [2.45, 2.75) is 32.1 Å². The standard InChI is InChI=1S/C18H28ClN3O.HI/c1-20-17(21-12-8-15-4-6-16(19)7-5-15)22-14-18(9-3-10-18)11-13-23-2;/h4-7H,3,8-14H2,1-2H3,(H2,20,21,22);1H. The highest BCUT2D eigenvalue weighted by Crippen LogP contribution is 2.43. The van der Waals surface area contributed by atoms with Crippen molar-refractivity contribution < 1.29 is 4.74 Å². The van der Waals surface area contributed by atoms with Crippen LogP contribution < -0.4 is 10.6 Å². The van der Waals surface area contributed by atoms with Crippen molar-refractivity contribution in [2.75, 3.05) is 33.9 Å². The summed E-state index contributed by atoms with van der Waals surface area (Å²) in [6, 6.07) is 7.99. The minimum Gasteiger partial charge on any atom is -0.385 e. The molecule has 1 aromatic carbocycles. The third-order valence-corrected chi connectivity index (χ3v) is 4.98. The number of guanidine groups is 1. The van der Waals surface area contributed by atoms with Gasteiger partial charge in [-0.2, -0.15) is 0 Å². The summed E-state index contributed by atoms with van der Waals surface area (Å²) in [5.74, 6) is 0.877. The second kappa shape index (κ2) is 11.2. The van der Waals surface area contributed by atoms with Gasteiger partial charge in [-0.15, -0.1) is 24.0 Å². The molecule has 136 valence electrons. The van der Waals surface area contributed by atoms with E-state index in [1.807, 2.05) is 19.2 Å². The predicted molar refractivity (Wildman–Crippen MR) is 113 cm³/mol. The van der Waals surface area contributed by atoms with Crippen molar-refractivity contribution >= 4 is 41.5 Å². The fraction of sp³-hybridized carbons (Fsp3) is 0.611. The number of hydrogen-bond donors (Lipinski definition) is 2. The van der Waals surface area contributed by atoms with Gasteiger partial charge >= 0.3 is 0 Å². The van der Waals surface area contributed by atoms with Crippen molar-refractivity contribution in [1.82, 2.24) is 10.6 Å². The molecule has 2 rings (SSSR count). The molecule has 1 saturated carbocycles. The van der Waals surface area contributed by atoms with E-state index < -0.39 is 0 Å². The average molecular weight is 466 g/mol. The zero-order valence-corrected chi connectivity index (χ0v) is 17.7. The van der Waals surface area contributed by atoms with Crippen LogP contribution in [0, 0.1) is 5.41 Å². The normalized spacial score (nSPS) is 16.0. The van der Waals surface area contributed by atoms with Crippen LogP contribution in [0.15, 0.2) is 29.3 Å². The van der Waals surface area contributed by atoms with E-state index in [9.17, 15) is 0 Å². The highest BCUT2D eigenvalue weighted by atomic mass is 127. The Hall–Kier alpha value is -0.530. The van der Waals surface area contributed by atoms with Crippen LogP contribution in [0.1, 0.15) is 31.2 Å². The molecular formula is C18H29ClIN3O. The third-order valence-electron chi connectivity index (χ3n) is 4.72. The summed E-state index contributed by atoms with van der Waals surface area (Å²) < 4.78 is 5.25. The molecule has 0 radical (unpaired) electrons. The van der Waals surface area contributed by atoms with E-state index in [0.717, 1.165) is 43.5 Å². The van der Waals surface area contributed by atoms with E-state index >= 15 is 0 Å². The van der Waals surface area contributed by atoms with Gasteiger partial charge in [-0.3, -0.25) is 4.99 Å². The lowest BCUT2D eigenvalue weighted by molar-refractivity contribution is 0.0732. The summed E-state index contributed by atoms with van der Waals surface area (Å²) in [5.41, 5.74) is 1.66. The molecule has 0 aliphatic heterocycles. The van der Waals surface area contributed by atoms with Crippen LogP contribution in [0.5, 0.6) is 0 Å². The lowest BCUT2D eigenvalue weighted by Gasteiger charge is -2.42. The molecule has 0 aromatic heterocycles. The van der Waals surface area contributed by atoms with Crippen molar-refractivity contribution in [3.63, 3.8) is 0 Å². The minimum atomic E-state index is 0. The number of nitrogens with zero attached hydrogens (tertiary/aromatic N) is 1. The molecule has 0 amide bonds. The number of hydrogen-bond acceptors (Lipinski definition) is 2. The summed E-state index contributed by atoms with van der Waals surface area (Å²) >= 11 is 5.90. The maximum absolute atomic E-state index is 5.90. The molecule has 24 heavy (non-hydrogen) atoms. The third kappa shape index (κ3) is 6.76. The lowest BCUT2D eigenvalue weighted by Crippen LogP contribution is -2.47. The maximum atomic E-state index is 5.90. The Morgan fingerprint density at radius 2 is 1.96 bits per heavy atom. The van der Waals surface area contributed by atoms with Gasteiger partial charge in [0.1, 0.15) is 0 Å². The first-order valence-electron chi connectivity index (χ1n) is 8.35. The molecule has 6 heteroatoms. The Kier molecular flexibility index (Phi) is 10.0. The summed E-state index contributed by atoms with van der Waals surface area (Å²) in [6.07, 6.45) is 5.97. The number of aliphatic imine (C=N–C) groups is 1. The van der Waals surface area contributed by atoms with Gasteiger partial charge < -0.3 is 15.4 Å².